The molecule has 1 aliphatic rings. The Morgan fingerprint density at radius 2 is 1.75 bits per heavy atom. The Bertz CT molecular complexity index is 562. The van der Waals surface area contributed by atoms with Crippen molar-refractivity contribution < 1.29 is 42.6 Å². The van der Waals surface area contributed by atoms with Crippen LogP contribution < -0.4 is 10.6 Å². The van der Waals surface area contributed by atoms with Crippen LogP contribution in [-0.4, -0.2) is 64.7 Å². The number of rotatable bonds is 8. The molecule has 28 heavy (non-hydrogen) atoms. The van der Waals surface area contributed by atoms with Gasteiger partial charge < -0.3 is 20.8 Å². The van der Waals surface area contributed by atoms with Crippen LogP contribution in [0.15, 0.2) is 0 Å². The van der Waals surface area contributed by atoms with E-state index in [1.54, 1.807) is 6.92 Å². The zero-order valence-electron chi connectivity index (χ0n) is 15.1. The fourth-order valence-corrected chi connectivity index (χ4v) is 3.87. The van der Waals surface area contributed by atoms with Gasteiger partial charge in [0, 0.05) is 24.6 Å². The van der Waals surface area contributed by atoms with Crippen molar-refractivity contribution in [3.8, 4) is 0 Å². The summed E-state index contributed by atoms with van der Waals surface area (Å²) >= 11 is 0. The number of hydrogen-bond acceptors (Lipinski definition) is 6. The molecule has 1 rings (SSSR count). The van der Waals surface area contributed by atoms with E-state index >= 15 is 0 Å². The fourth-order valence-electron chi connectivity index (χ4n) is 1.98. The average Bonchev–Trinajstić information content (AvgIpc) is 2.75. The van der Waals surface area contributed by atoms with Crippen molar-refractivity contribution >= 4 is 45.3 Å². The number of carbonyl (C=O) groups is 4. The fraction of sp³-hybridized carbons (Fsp3) is 0.733. The van der Waals surface area contributed by atoms with E-state index in [4.69, 9.17) is 15.0 Å². The minimum Gasteiger partial charge on any atom is -0.481 e. The molecule has 162 valence electrons. The highest BCUT2D eigenvalue weighted by atomic mass is 33.1. The smallest absolute Gasteiger partial charge is 0.481 e. The summed E-state index contributed by atoms with van der Waals surface area (Å²) in [4.78, 5) is 43.4. The van der Waals surface area contributed by atoms with Crippen molar-refractivity contribution in [2.24, 2.45) is 5.41 Å². The van der Waals surface area contributed by atoms with Gasteiger partial charge in [-0.2, -0.15) is 13.2 Å². The van der Waals surface area contributed by atoms with E-state index in [-0.39, 0.29) is 18.2 Å². The first-order chi connectivity index (χ1) is 12.9. The van der Waals surface area contributed by atoms with Gasteiger partial charge in [0.15, 0.2) is 0 Å². The third-order valence-electron chi connectivity index (χ3n) is 3.59. The van der Waals surface area contributed by atoms with Crippen molar-refractivity contribution in [1.29, 1.82) is 0 Å². The molecule has 0 spiro atoms. The largest absolute Gasteiger partial charge is 0.490 e. The molecule has 8 nitrogen and oxygen atoms in total. The van der Waals surface area contributed by atoms with Crippen LogP contribution in [0.1, 0.15) is 32.6 Å². The van der Waals surface area contributed by atoms with Crippen LogP contribution in [0, 0.1) is 5.41 Å². The van der Waals surface area contributed by atoms with Crippen LogP contribution in [0.4, 0.5) is 13.2 Å². The van der Waals surface area contributed by atoms with Gasteiger partial charge in [0.2, 0.25) is 11.8 Å². The summed E-state index contributed by atoms with van der Waals surface area (Å²) in [6, 6.07) is 0. The Morgan fingerprint density at radius 1 is 1.18 bits per heavy atom. The molecule has 0 aromatic rings. The predicted octanol–water partition coefficient (Wildman–Crippen LogP) is 1.90. The quantitative estimate of drug-likeness (QED) is 0.251. The highest BCUT2D eigenvalue weighted by molar-refractivity contribution is 8.76. The highest BCUT2D eigenvalue weighted by Gasteiger charge is 2.41. The molecule has 0 saturated carbocycles. The van der Waals surface area contributed by atoms with Crippen molar-refractivity contribution in [2.45, 2.75) is 38.8 Å². The van der Waals surface area contributed by atoms with E-state index in [1.807, 2.05) is 0 Å². The molecule has 1 aliphatic heterocycles. The van der Waals surface area contributed by atoms with Gasteiger partial charge >= 0.3 is 18.1 Å². The predicted molar refractivity (Wildman–Crippen MR) is 98.8 cm³/mol. The highest BCUT2D eigenvalue weighted by Crippen LogP contribution is 2.27. The van der Waals surface area contributed by atoms with Crippen LogP contribution in [0.2, 0.25) is 0 Å². The minimum atomic E-state index is -5.08. The summed E-state index contributed by atoms with van der Waals surface area (Å²) in [5.74, 6) is -2.74. The zero-order chi connectivity index (χ0) is 21.8. The van der Waals surface area contributed by atoms with Gasteiger partial charge in [0.05, 0.1) is 6.42 Å². The molecule has 0 radical (unpaired) electrons. The van der Waals surface area contributed by atoms with E-state index in [0.717, 1.165) is 12.8 Å². The second kappa shape index (κ2) is 12.8. The van der Waals surface area contributed by atoms with E-state index in [2.05, 4.69) is 10.6 Å². The van der Waals surface area contributed by atoms with Gasteiger partial charge in [-0.15, -0.1) is 0 Å². The molecule has 0 bridgehead atoms. The molecule has 0 aliphatic carbocycles. The Labute approximate surface area is 167 Å². The molecule has 13 heteroatoms. The Morgan fingerprint density at radius 3 is 2.29 bits per heavy atom. The summed E-state index contributed by atoms with van der Waals surface area (Å²) in [7, 11) is 3.00. The summed E-state index contributed by atoms with van der Waals surface area (Å²) in [6.45, 7) is 2.81. The number of alkyl halides is 3. The van der Waals surface area contributed by atoms with Crippen LogP contribution >= 0.6 is 21.6 Å². The van der Waals surface area contributed by atoms with E-state index in [0.29, 0.717) is 31.0 Å². The lowest BCUT2D eigenvalue weighted by molar-refractivity contribution is -0.192. The van der Waals surface area contributed by atoms with Gasteiger partial charge in [-0.25, -0.2) is 4.79 Å². The molecule has 1 unspecified atom stereocenters. The number of nitrogens with one attached hydrogen (secondary N) is 2. The topological polar surface area (TPSA) is 133 Å². The van der Waals surface area contributed by atoms with Crippen molar-refractivity contribution in [3.05, 3.63) is 0 Å². The number of carbonyl (C=O) groups excluding carboxylic acids is 2. The van der Waals surface area contributed by atoms with Crippen molar-refractivity contribution in [1.82, 2.24) is 10.6 Å². The van der Waals surface area contributed by atoms with Crippen LogP contribution in [0.3, 0.4) is 0 Å². The lowest BCUT2D eigenvalue weighted by Gasteiger charge is -2.24. The molecule has 1 saturated heterocycles. The summed E-state index contributed by atoms with van der Waals surface area (Å²) < 4.78 is 31.7. The average molecular weight is 448 g/mol. The maximum Gasteiger partial charge on any atom is 0.490 e. The number of hydrogen-bond donors (Lipinski definition) is 4. The maximum atomic E-state index is 12.2. The van der Waals surface area contributed by atoms with E-state index < -0.39 is 23.5 Å². The third-order valence-corrected chi connectivity index (χ3v) is 6.00. The normalized spacial score (nSPS) is 19.5. The second-order valence-corrected chi connectivity index (χ2v) is 8.59. The lowest BCUT2D eigenvalue weighted by atomic mass is 9.84. The molecule has 1 atom stereocenters. The summed E-state index contributed by atoms with van der Waals surface area (Å²) in [5.41, 5.74) is -0.975. The molecular weight excluding hydrogens is 425 g/mol. The Hall–Kier alpha value is -1.63. The lowest BCUT2D eigenvalue weighted by Crippen LogP contribution is -2.49. The standard InChI is InChI=1S/C13H22N2O4S2.C2HF3O2/c1-13(5-2-3-6-14-11(13)18)12(19)15-7-9-21-20-8-4-10(16)17;3-2(4,5)1(6)7/h2-9H2,1H3,(H,14,18)(H,15,19)(H,16,17);(H,6,7). The molecule has 1 fully saturated rings. The summed E-state index contributed by atoms with van der Waals surface area (Å²) in [6.07, 6.45) is -2.60. The monoisotopic (exact) mass is 448 g/mol. The van der Waals surface area contributed by atoms with Gasteiger partial charge in [-0.05, 0) is 19.8 Å². The molecule has 4 N–H and O–H groups in total. The van der Waals surface area contributed by atoms with Crippen LogP contribution in [0.5, 0.6) is 0 Å². The molecular formula is C15H23F3N2O6S2. The number of carboxylic acids is 2. The Kier molecular flexibility index (Phi) is 12.0. The first-order valence-electron chi connectivity index (χ1n) is 8.24. The van der Waals surface area contributed by atoms with Gasteiger partial charge in [0.25, 0.3) is 0 Å². The molecule has 0 aromatic carbocycles. The first-order valence-corrected chi connectivity index (χ1v) is 10.7. The van der Waals surface area contributed by atoms with Crippen LogP contribution in [-0.2, 0) is 19.2 Å². The van der Waals surface area contributed by atoms with Crippen LogP contribution in [0.25, 0.3) is 0 Å². The number of halogens is 3. The molecule has 1 heterocycles. The third kappa shape index (κ3) is 10.6. The number of carboxylic acid groups (broad SMARTS) is 2. The minimum absolute atomic E-state index is 0.141. The van der Waals surface area contributed by atoms with E-state index in [1.165, 1.54) is 21.6 Å². The second-order valence-electron chi connectivity index (χ2n) is 5.89. The van der Waals surface area contributed by atoms with Gasteiger partial charge in [-0.1, -0.05) is 28.0 Å². The summed E-state index contributed by atoms with van der Waals surface area (Å²) in [5, 5.41) is 21.2. The SMILES string of the molecule is CC1(C(=O)NCCSSCCC(=O)O)CCCCNC1=O.O=C(O)C(F)(F)F. The molecule has 2 amide bonds. The number of aliphatic carboxylic acids is 2. The zero-order valence-corrected chi connectivity index (χ0v) is 16.8. The van der Waals surface area contributed by atoms with Gasteiger partial charge in [0.1, 0.15) is 5.41 Å². The van der Waals surface area contributed by atoms with Crippen molar-refractivity contribution in [2.75, 3.05) is 24.6 Å². The first kappa shape index (κ1) is 26.4. The van der Waals surface area contributed by atoms with Crippen molar-refractivity contribution in [3.63, 3.8) is 0 Å². The maximum absolute atomic E-state index is 12.2. The number of amides is 2. The Balaban J connectivity index is 0.000000887. The van der Waals surface area contributed by atoms with E-state index in [9.17, 15) is 27.6 Å². The van der Waals surface area contributed by atoms with Gasteiger partial charge in [-0.3, -0.25) is 14.4 Å². The molecule has 0 aromatic heterocycles.